The number of fused-ring (bicyclic) bond motifs is 1. The highest BCUT2D eigenvalue weighted by Crippen LogP contribution is 2.31. The second-order valence-corrected chi connectivity index (χ2v) is 8.83. The van der Waals surface area contributed by atoms with E-state index in [1.807, 2.05) is 6.92 Å². The summed E-state index contributed by atoms with van der Waals surface area (Å²) in [6.45, 7) is 3.74. The van der Waals surface area contributed by atoms with Crippen LogP contribution in [0.25, 0.3) is 0 Å². The van der Waals surface area contributed by atoms with Crippen molar-refractivity contribution in [3.63, 3.8) is 0 Å². The maximum Gasteiger partial charge on any atom is 0.416 e. The molecule has 1 aliphatic heterocycles. The summed E-state index contributed by atoms with van der Waals surface area (Å²) in [5.41, 5.74) is 0.637. The normalized spacial score (nSPS) is 14.2. The summed E-state index contributed by atoms with van der Waals surface area (Å²) >= 11 is 0. The molecule has 0 radical (unpaired) electrons. The van der Waals surface area contributed by atoms with Gasteiger partial charge in [-0.25, -0.2) is 9.37 Å². The lowest BCUT2D eigenvalue weighted by molar-refractivity contribution is -0.137. The van der Waals surface area contributed by atoms with Crippen molar-refractivity contribution in [3.05, 3.63) is 92.1 Å². The van der Waals surface area contributed by atoms with Crippen LogP contribution < -0.4 is 15.7 Å². The van der Waals surface area contributed by atoms with Gasteiger partial charge in [-0.2, -0.15) is 13.2 Å². The molecule has 0 bridgehead atoms. The van der Waals surface area contributed by atoms with Crippen LogP contribution in [0.5, 0.6) is 0 Å². The maximum absolute atomic E-state index is 14.4. The Balaban J connectivity index is 1.60. The Morgan fingerprint density at radius 3 is 2.49 bits per heavy atom. The van der Waals surface area contributed by atoms with Gasteiger partial charge in [0.05, 0.1) is 35.0 Å². The molecule has 4 rings (SSSR count). The first-order valence-corrected chi connectivity index (χ1v) is 11.7. The van der Waals surface area contributed by atoms with Gasteiger partial charge in [0.1, 0.15) is 12.9 Å². The van der Waals surface area contributed by atoms with Gasteiger partial charge < -0.3 is 15.1 Å². The average molecular weight is 519 g/mol. The quantitative estimate of drug-likeness (QED) is 0.486. The summed E-state index contributed by atoms with van der Waals surface area (Å²) < 4.78 is 54.1. The van der Waals surface area contributed by atoms with Crippen molar-refractivity contribution in [2.45, 2.75) is 45.5 Å². The zero-order valence-corrected chi connectivity index (χ0v) is 20.5. The van der Waals surface area contributed by atoms with Gasteiger partial charge in [-0.05, 0) is 48.7 Å². The zero-order valence-electron chi connectivity index (χ0n) is 20.5. The van der Waals surface area contributed by atoms with E-state index in [9.17, 15) is 27.2 Å². The SMILES string of the molecule is CCC(Nc1nc2c(c(=O)n1OC)CN(C(=O)c1ccc(C)cc1F)CC2)c1ccc(C(F)(F)F)cc1. The number of nitrogens with one attached hydrogen (secondary N) is 1. The van der Waals surface area contributed by atoms with Crippen molar-refractivity contribution in [1.82, 2.24) is 14.6 Å². The highest BCUT2D eigenvalue weighted by atomic mass is 19.4. The number of anilines is 1. The molecule has 1 N–H and O–H groups in total. The Bertz CT molecular complexity index is 1370. The molecule has 11 heteroatoms. The average Bonchev–Trinajstić information content (AvgIpc) is 2.86. The summed E-state index contributed by atoms with van der Waals surface area (Å²) in [6.07, 6.45) is -3.68. The predicted octanol–water partition coefficient (Wildman–Crippen LogP) is 4.53. The molecule has 2 aromatic carbocycles. The van der Waals surface area contributed by atoms with Crippen molar-refractivity contribution < 1.29 is 27.2 Å². The number of rotatable bonds is 6. The number of hydrogen-bond acceptors (Lipinski definition) is 5. The van der Waals surface area contributed by atoms with Crippen LogP contribution in [-0.2, 0) is 19.1 Å². The Morgan fingerprint density at radius 2 is 1.89 bits per heavy atom. The van der Waals surface area contributed by atoms with Crippen molar-refractivity contribution >= 4 is 11.9 Å². The van der Waals surface area contributed by atoms with Gasteiger partial charge >= 0.3 is 6.18 Å². The number of halogens is 4. The van der Waals surface area contributed by atoms with Crippen LogP contribution in [0.15, 0.2) is 47.3 Å². The number of carbonyl (C=O) groups excluding carboxylic acids is 1. The summed E-state index contributed by atoms with van der Waals surface area (Å²) in [6, 6.07) is 8.68. The highest BCUT2D eigenvalue weighted by Gasteiger charge is 2.31. The van der Waals surface area contributed by atoms with Crippen molar-refractivity contribution in [2.24, 2.45) is 0 Å². The summed E-state index contributed by atoms with van der Waals surface area (Å²) in [5, 5.41) is 3.10. The molecule has 37 heavy (non-hydrogen) atoms. The fourth-order valence-electron chi connectivity index (χ4n) is 4.34. The second kappa shape index (κ2) is 10.2. The van der Waals surface area contributed by atoms with Crippen LogP contribution in [0, 0.1) is 12.7 Å². The first-order chi connectivity index (χ1) is 17.5. The molecule has 0 fully saturated rings. The first-order valence-electron chi connectivity index (χ1n) is 11.7. The smallest absolute Gasteiger partial charge is 0.411 e. The van der Waals surface area contributed by atoms with E-state index in [2.05, 4.69) is 10.3 Å². The van der Waals surface area contributed by atoms with E-state index < -0.39 is 35.1 Å². The van der Waals surface area contributed by atoms with Gasteiger partial charge in [0.15, 0.2) is 0 Å². The minimum absolute atomic E-state index is 0.0624. The summed E-state index contributed by atoms with van der Waals surface area (Å²) in [4.78, 5) is 37.4. The number of benzene rings is 2. The molecule has 0 aliphatic carbocycles. The van der Waals surface area contributed by atoms with Gasteiger partial charge in [0.2, 0.25) is 5.95 Å². The van der Waals surface area contributed by atoms with E-state index in [4.69, 9.17) is 4.84 Å². The lowest BCUT2D eigenvalue weighted by atomic mass is 10.0. The molecular weight excluding hydrogens is 492 g/mol. The standard InChI is InChI=1S/C26H26F4N4O3/c1-4-21(16-6-8-17(9-7-16)26(28,29)30)31-25-32-22-11-12-33(14-19(22)24(36)34(25)37-3)23(35)18-10-5-15(2)13-20(18)27/h5-10,13,21H,4,11-12,14H2,1-3H3,(H,31,32). The number of amides is 1. The number of carbonyl (C=O) groups is 1. The van der Waals surface area contributed by atoms with Gasteiger partial charge in [0, 0.05) is 13.0 Å². The Hall–Kier alpha value is -3.89. The minimum Gasteiger partial charge on any atom is -0.411 e. The number of nitrogens with zero attached hydrogens (tertiary/aromatic N) is 3. The number of hydrogen-bond donors (Lipinski definition) is 1. The predicted molar refractivity (Wildman–Crippen MR) is 129 cm³/mol. The molecule has 1 aromatic heterocycles. The van der Waals surface area contributed by atoms with E-state index >= 15 is 0 Å². The molecule has 1 unspecified atom stereocenters. The van der Waals surface area contributed by atoms with E-state index in [1.165, 1.54) is 36.3 Å². The van der Waals surface area contributed by atoms with E-state index in [-0.39, 0.29) is 36.6 Å². The molecule has 1 amide bonds. The van der Waals surface area contributed by atoms with Gasteiger partial charge in [-0.1, -0.05) is 25.1 Å². The van der Waals surface area contributed by atoms with Gasteiger partial charge in [-0.15, -0.1) is 4.73 Å². The molecule has 0 saturated carbocycles. The summed E-state index contributed by atoms with van der Waals surface area (Å²) in [5.74, 6) is -1.05. The van der Waals surface area contributed by atoms with Crippen LogP contribution in [0.3, 0.4) is 0 Å². The molecule has 7 nitrogen and oxygen atoms in total. The molecule has 0 spiro atoms. The second-order valence-electron chi connectivity index (χ2n) is 8.83. The van der Waals surface area contributed by atoms with Crippen LogP contribution in [0.1, 0.15) is 57.7 Å². The maximum atomic E-state index is 14.4. The van der Waals surface area contributed by atoms with Gasteiger partial charge in [0.25, 0.3) is 11.5 Å². The molecule has 1 aliphatic rings. The molecule has 3 aromatic rings. The van der Waals surface area contributed by atoms with Crippen LogP contribution in [0.2, 0.25) is 0 Å². The minimum atomic E-state index is -4.44. The lowest BCUT2D eigenvalue weighted by Crippen LogP contribution is -2.42. The molecule has 0 saturated heterocycles. The van der Waals surface area contributed by atoms with E-state index in [0.29, 0.717) is 23.2 Å². The third kappa shape index (κ3) is 5.30. The van der Waals surface area contributed by atoms with Crippen LogP contribution in [-0.4, -0.2) is 34.2 Å². The van der Waals surface area contributed by atoms with Crippen molar-refractivity contribution in [2.75, 3.05) is 19.0 Å². The van der Waals surface area contributed by atoms with Crippen molar-refractivity contribution in [3.8, 4) is 0 Å². The monoisotopic (exact) mass is 518 g/mol. The van der Waals surface area contributed by atoms with E-state index in [0.717, 1.165) is 16.9 Å². The number of aromatic nitrogens is 2. The van der Waals surface area contributed by atoms with Gasteiger partial charge in [-0.3, -0.25) is 9.59 Å². The van der Waals surface area contributed by atoms with Crippen LogP contribution in [0.4, 0.5) is 23.5 Å². The number of alkyl halides is 3. The molecular formula is C26H26F4N4O3. The highest BCUT2D eigenvalue weighted by molar-refractivity contribution is 5.94. The third-order valence-electron chi connectivity index (χ3n) is 6.37. The first kappa shape index (κ1) is 26.2. The van der Waals surface area contributed by atoms with E-state index in [1.54, 1.807) is 13.0 Å². The zero-order chi connectivity index (χ0) is 26.9. The fraction of sp³-hybridized carbons (Fsp3) is 0.346. The fourth-order valence-corrected chi connectivity index (χ4v) is 4.34. The molecule has 1 atom stereocenters. The number of aryl methyl sites for hydroxylation is 1. The van der Waals surface area contributed by atoms with Crippen molar-refractivity contribution in [1.29, 1.82) is 0 Å². The molecule has 2 heterocycles. The Kier molecular flexibility index (Phi) is 7.24. The largest absolute Gasteiger partial charge is 0.416 e. The molecule has 196 valence electrons. The lowest BCUT2D eigenvalue weighted by Gasteiger charge is -2.29. The van der Waals surface area contributed by atoms with Crippen LogP contribution >= 0.6 is 0 Å². The summed E-state index contributed by atoms with van der Waals surface area (Å²) in [7, 11) is 1.28. The Morgan fingerprint density at radius 1 is 1.19 bits per heavy atom. The topological polar surface area (TPSA) is 76.5 Å². The third-order valence-corrected chi connectivity index (χ3v) is 6.37. The Labute approximate surface area is 210 Å².